The molecule has 4 rings (SSSR count). The number of aromatic nitrogens is 2. The molecule has 3 heterocycles. The third-order valence-electron chi connectivity index (χ3n) is 4.47. The van der Waals surface area contributed by atoms with Crippen LogP contribution in [-0.2, 0) is 21.4 Å². The minimum atomic E-state index is -4.11. The van der Waals surface area contributed by atoms with Crippen LogP contribution >= 0.6 is 0 Å². The summed E-state index contributed by atoms with van der Waals surface area (Å²) in [5, 5.41) is 6.67. The third-order valence-corrected chi connectivity index (χ3v) is 6.31. The van der Waals surface area contributed by atoms with Crippen LogP contribution in [0.1, 0.15) is 18.0 Å². The zero-order valence-electron chi connectivity index (χ0n) is 13.8. The highest BCUT2D eigenvalue weighted by atomic mass is 32.2. The molecule has 1 aromatic carbocycles. The molecule has 1 unspecified atom stereocenters. The summed E-state index contributed by atoms with van der Waals surface area (Å²) in [6.07, 6.45) is 1.96. The maximum atomic E-state index is 14.3. The van der Waals surface area contributed by atoms with Crippen LogP contribution in [0, 0.1) is 5.82 Å². The second-order valence-electron chi connectivity index (χ2n) is 6.07. The summed E-state index contributed by atoms with van der Waals surface area (Å²) in [5.74, 6) is -1.04. The standard InChI is InChI=1S/C16H17FN4O4S/c17-12-5-2-1-4-11(12)14-15(22)18-6-8-21(14)26(23,24)13-10-19-20-7-3-9-25-16(13)20/h1-2,4-5,10,14H,3,6-9H2,(H,18,22). The van der Waals surface area contributed by atoms with Crippen LogP contribution in [0.2, 0.25) is 0 Å². The van der Waals surface area contributed by atoms with Crippen molar-refractivity contribution in [2.75, 3.05) is 19.7 Å². The lowest BCUT2D eigenvalue weighted by molar-refractivity contribution is -0.127. The average Bonchev–Trinajstić information content (AvgIpc) is 3.07. The molecule has 1 saturated heterocycles. The second kappa shape index (κ2) is 6.36. The predicted molar refractivity (Wildman–Crippen MR) is 88.4 cm³/mol. The van der Waals surface area contributed by atoms with Crippen molar-refractivity contribution < 1.29 is 22.3 Å². The van der Waals surface area contributed by atoms with Crippen molar-refractivity contribution in [3.63, 3.8) is 0 Å². The van der Waals surface area contributed by atoms with Gasteiger partial charge in [0.1, 0.15) is 11.9 Å². The van der Waals surface area contributed by atoms with Crippen molar-refractivity contribution in [3.05, 3.63) is 41.8 Å². The fraction of sp³-hybridized carbons (Fsp3) is 0.375. The molecule has 1 amide bonds. The molecule has 1 N–H and O–H groups in total. The topological polar surface area (TPSA) is 93.5 Å². The maximum Gasteiger partial charge on any atom is 0.251 e. The predicted octanol–water partition coefficient (Wildman–Crippen LogP) is 0.667. The number of hydrogen-bond acceptors (Lipinski definition) is 5. The van der Waals surface area contributed by atoms with Crippen LogP contribution < -0.4 is 10.1 Å². The number of aryl methyl sites for hydroxylation is 1. The molecule has 2 aromatic rings. The molecular weight excluding hydrogens is 363 g/mol. The van der Waals surface area contributed by atoms with Crippen LogP contribution in [0.3, 0.4) is 0 Å². The highest BCUT2D eigenvalue weighted by Crippen LogP contribution is 2.35. The highest BCUT2D eigenvalue weighted by molar-refractivity contribution is 7.89. The van der Waals surface area contributed by atoms with E-state index in [-0.39, 0.29) is 29.4 Å². The van der Waals surface area contributed by atoms with E-state index in [9.17, 15) is 17.6 Å². The van der Waals surface area contributed by atoms with E-state index in [1.807, 2.05) is 0 Å². The maximum absolute atomic E-state index is 14.3. The number of piperazine rings is 1. The number of nitrogens with zero attached hydrogens (tertiary/aromatic N) is 3. The molecule has 26 heavy (non-hydrogen) atoms. The van der Waals surface area contributed by atoms with Gasteiger partial charge in [0, 0.05) is 31.6 Å². The van der Waals surface area contributed by atoms with E-state index in [1.165, 1.54) is 29.1 Å². The molecule has 1 aromatic heterocycles. The van der Waals surface area contributed by atoms with Crippen LogP contribution in [0.5, 0.6) is 5.88 Å². The summed E-state index contributed by atoms with van der Waals surface area (Å²) in [6.45, 7) is 1.12. The monoisotopic (exact) mass is 380 g/mol. The highest BCUT2D eigenvalue weighted by Gasteiger charge is 2.43. The van der Waals surface area contributed by atoms with Gasteiger partial charge in [-0.15, -0.1) is 0 Å². The fourth-order valence-corrected chi connectivity index (χ4v) is 4.88. The number of fused-ring (bicyclic) bond motifs is 1. The van der Waals surface area contributed by atoms with Gasteiger partial charge in [-0.25, -0.2) is 17.5 Å². The van der Waals surface area contributed by atoms with Crippen molar-refractivity contribution in [1.82, 2.24) is 19.4 Å². The first kappa shape index (κ1) is 17.0. The number of amides is 1. The summed E-state index contributed by atoms with van der Waals surface area (Å²) < 4.78 is 48.8. The zero-order chi connectivity index (χ0) is 18.3. The van der Waals surface area contributed by atoms with Gasteiger partial charge in [0.25, 0.3) is 10.0 Å². The van der Waals surface area contributed by atoms with E-state index in [1.54, 1.807) is 6.07 Å². The minimum absolute atomic E-state index is 0.00947. The van der Waals surface area contributed by atoms with E-state index < -0.39 is 27.8 Å². The zero-order valence-corrected chi connectivity index (χ0v) is 14.6. The SMILES string of the molecule is O=C1NCCN(S(=O)(=O)c2cnn3c2OCCC3)C1c1ccccc1F. The minimum Gasteiger partial charge on any atom is -0.477 e. The summed E-state index contributed by atoms with van der Waals surface area (Å²) in [7, 11) is -4.11. The van der Waals surface area contributed by atoms with Gasteiger partial charge in [0.05, 0.1) is 12.8 Å². The van der Waals surface area contributed by atoms with Gasteiger partial charge in [-0.3, -0.25) is 4.79 Å². The molecular formula is C16H17FN4O4S. The van der Waals surface area contributed by atoms with Crippen LogP contribution in [-0.4, -0.2) is 48.1 Å². The number of nitrogens with one attached hydrogen (secondary N) is 1. The molecule has 8 nitrogen and oxygen atoms in total. The number of hydrogen-bond donors (Lipinski definition) is 1. The fourth-order valence-electron chi connectivity index (χ4n) is 3.25. The molecule has 2 aliphatic rings. The Labute approximate surface area is 149 Å². The molecule has 0 saturated carbocycles. The van der Waals surface area contributed by atoms with Gasteiger partial charge < -0.3 is 10.1 Å². The lowest BCUT2D eigenvalue weighted by Crippen LogP contribution is -2.52. The third kappa shape index (κ3) is 2.65. The van der Waals surface area contributed by atoms with Crippen molar-refractivity contribution >= 4 is 15.9 Å². The van der Waals surface area contributed by atoms with Crippen molar-refractivity contribution in [2.45, 2.75) is 23.9 Å². The summed E-state index contributed by atoms with van der Waals surface area (Å²) in [5.41, 5.74) is 0.00947. The van der Waals surface area contributed by atoms with Crippen molar-refractivity contribution in [2.24, 2.45) is 0 Å². The van der Waals surface area contributed by atoms with Gasteiger partial charge in [-0.1, -0.05) is 18.2 Å². The van der Waals surface area contributed by atoms with Gasteiger partial charge in [0.15, 0.2) is 4.90 Å². The van der Waals surface area contributed by atoms with Gasteiger partial charge >= 0.3 is 0 Å². The van der Waals surface area contributed by atoms with Crippen molar-refractivity contribution in [1.29, 1.82) is 0 Å². The molecule has 0 bridgehead atoms. The molecule has 1 atom stereocenters. The van der Waals surface area contributed by atoms with E-state index in [0.29, 0.717) is 13.2 Å². The number of sulfonamides is 1. The Balaban J connectivity index is 1.80. The Hall–Kier alpha value is -2.46. The average molecular weight is 380 g/mol. The molecule has 0 aliphatic carbocycles. The van der Waals surface area contributed by atoms with Crippen molar-refractivity contribution in [3.8, 4) is 5.88 Å². The Morgan fingerprint density at radius 2 is 2.08 bits per heavy atom. The van der Waals surface area contributed by atoms with Gasteiger partial charge in [0.2, 0.25) is 11.8 Å². The van der Waals surface area contributed by atoms with Gasteiger partial charge in [-0.2, -0.15) is 9.40 Å². The van der Waals surface area contributed by atoms with E-state index in [0.717, 1.165) is 10.7 Å². The largest absolute Gasteiger partial charge is 0.477 e. The Morgan fingerprint density at radius 1 is 1.27 bits per heavy atom. The number of rotatable bonds is 3. The van der Waals surface area contributed by atoms with Crippen LogP contribution in [0.15, 0.2) is 35.4 Å². The first-order chi connectivity index (χ1) is 12.5. The number of carbonyl (C=O) groups excluding carboxylic acids is 1. The number of ether oxygens (including phenoxy) is 1. The Kier molecular flexibility index (Phi) is 4.16. The molecule has 0 spiro atoms. The molecule has 2 aliphatic heterocycles. The number of carbonyl (C=O) groups is 1. The summed E-state index contributed by atoms with van der Waals surface area (Å²) >= 11 is 0. The van der Waals surface area contributed by atoms with E-state index >= 15 is 0 Å². The Morgan fingerprint density at radius 3 is 2.88 bits per heavy atom. The molecule has 138 valence electrons. The molecule has 0 radical (unpaired) electrons. The molecule has 1 fully saturated rings. The smallest absolute Gasteiger partial charge is 0.251 e. The first-order valence-electron chi connectivity index (χ1n) is 8.23. The molecule has 10 heteroatoms. The van der Waals surface area contributed by atoms with Crippen LogP contribution in [0.4, 0.5) is 4.39 Å². The lowest BCUT2D eigenvalue weighted by Gasteiger charge is -2.34. The Bertz CT molecular complexity index is 959. The summed E-state index contributed by atoms with van der Waals surface area (Å²) in [6, 6.07) is 4.38. The van der Waals surface area contributed by atoms with E-state index in [4.69, 9.17) is 4.74 Å². The summed E-state index contributed by atoms with van der Waals surface area (Å²) in [4.78, 5) is 12.3. The lowest BCUT2D eigenvalue weighted by atomic mass is 10.0. The second-order valence-corrected chi connectivity index (χ2v) is 7.93. The first-order valence-corrected chi connectivity index (χ1v) is 9.67. The number of halogens is 1. The van der Waals surface area contributed by atoms with Gasteiger partial charge in [-0.05, 0) is 6.07 Å². The quantitative estimate of drug-likeness (QED) is 0.845. The van der Waals surface area contributed by atoms with E-state index in [2.05, 4.69) is 10.4 Å². The van der Waals surface area contributed by atoms with Crippen LogP contribution in [0.25, 0.3) is 0 Å². The normalized spacial score (nSPS) is 21.0. The number of benzene rings is 1.